The van der Waals surface area contributed by atoms with Gasteiger partial charge < -0.3 is 5.32 Å². The number of benzene rings is 1. The molecular formula is C14H23N. The molecule has 0 amide bonds. The van der Waals surface area contributed by atoms with Crippen LogP contribution in [0.15, 0.2) is 18.2 Å². The van der Waals surface area contributed by atoms with Crippen LogP contribution in [-0.4, -0.2) is 6.54 Å². The van der Waals surface area contributed by atoms with E-state index in [0.29, 0.717) is 6.04 Å². The van der Waals surface area contributed by atoms with E-state index in [-0.39, 0.29) is 0 Å². The Bertz CT molecular complexity index is 304. The molecule has 0 aliphatic carbocycles. The van der Waals surface area contributed by atoms with E-state index >= 15 is 0 Å². The lowest BCUT2D eigenvalue weighted by molar-refractivity contribution is 0.516. The van der Waals surface area contributed by atoms with E-state index in [1.54, 1.807) is 0 Å². The Labute approximate surface area is 93.9 Å². The number of aryl methyl sites for hydroxylation is 2. The van der Waals surface area contributed by atoms with Crippen LogP contribution in [0.4, 0.5) is 0 Å². The molecule has 1 atom stereocenters. The zero-order valence-electron chi connectivity index (χ0n) is 10.4. The molecule has 84 valence electrons. The number of hydrogen-bond donors (Lipinski definition) is 1. The second-order valence-corrected chi connectivity index (χ2v) is 4.28. The first kappa shape index (κ1) is 12.3. The first-order valence-corrected chi connectivity index (χ1v) is 5.99. The molecule has 1 N–H and O–H groups in total. The van der Waals surface area contributed by atoms with Crippen molar-refractivity contribution in [1.82, 2.24) is 5.32 Å². The van der Waals surface area contributed by atoms with Crippen LogP contribution >= 0.6 is 0 Å². The number of rotatable bonds is 5. The quantitative estimate of drug-likeness (QED) is 0.772. The van der Waals surface area contributed by atoms with Crippen LogP contribution in [0, 0.1) is 13.8 Å². The minimum Gasteiger partial charge on any atom is -0.310 e. The van der Waals surface area contributed by atoms with Crippen LogP contribution in [0.25, 0.3) is 0 Å². The van der Waals surface area contributed by atoms with Crippen LogP contribution in [0.1, 0.15) is 49.4 Å². The van der Waals surface area contributed by atoms with Crippen LogP contribution in [0.5, 0.6) is 0 Å². The van der Waals surface area contributed by atoms with Crippen LogP contribution in [0.3, 0.4) is 0 Å². The summed E-state index contributed by atoms with van der Waals surface area (Å²) in [6, 6.07) is 7.24. The van der Waals surface area contributed by atoms with Gasteiger partial charge in [-0.3, -0.25) is 0 Å². The molecule has 15 heavy (non-hydrogen) atoms. The highest BCUT2D eigenvalue weighted by molar-refractivity contribution is 5.32. The molecule has 0 aliphatic heterocycles. The fourth-order valence-electron chi connectivity index (χ4n) is 1.93. The predicted molar refractivity (Wildman–Crippen MR) is 67.2 cm³/mol. The van der Waals surface area contributed by atoms with Gasteiger partial charge >= 0.3 is 0 Å². The van der Waals surface area contributed by atoms with Crippen molar-refractivity contribution in [2.45, 2.75) is 46.6 Å². The molecule has 1 rings (SSSR count). The van der Waals surface area contributed by atoms with Crippen molar-refractivity contribution in [2.24, 2.45) is 0 Å². The van der Waals surface area contributed by atoms with Crippen LogP contribution in [-0.2, 0) is 0 Å². The van der Waals surface area contributed by atoms with Crippen molar-refractivity contribution < 1.29 is 0 Å². The maximum atomic E-state index is 3.60. The van der Waals surface area contributed by atoms with Gasteiger partial charge in [0.1, 0.15) is 0 Å². The Hall–Kier alpha value is -0.820. The largest absolute Gasteiger partial charge is 0.310 e. The van der Waals surface area contributed by atoms with E-state index in [1.165, 1.54) is 23.1 Å². The van der Waals surface area contributed by atoms with Gasteiger partial charge in [0.25, 0.3) is 0 Å². The van der Waals surface area contributed by atoms with Gasteiger partial charge in [0.05, 0.1) is 0 Å². The van der Waals surface area contributed by atoms with Crippen molar-refractivity contribution in [1.29, 1.82) is 0 Å². The average Bonchev–Trinajstić information content (AvgIpc) is 2.24. The summed E-state index contributed by atoms with van der Waals surface area (Å²) in [7, 11) is 0. The summed E-state index contributed by atoms with van der Waals surface area (Å²) in [5, 5.41) is 3.60. The lowest BCUT2D eigenvalue weighted by atomic mass is 9.97. The van der Waals surface area contributed by atoms with E-state index in [9.17, 15) is 0 Å². The predicted octanol–water partition coefficient (Wildman–Crippen LogP) is 3.75. The molecule has 1 nitrogen and oxygen atoms in total. The maximum Gasteiger partial charge on any atom is 0.0320 e. The standard InChI is InChI=1S/C14H23N/c1-5-9-15-14(6-2)13-10-11(3)7-8-12(13)4/h7-8,10,14-15H,5-6,9H2,1-4H3. The Kier molecular flexibility index (Phi) is 4.83. The van der Waals surface area contributed by atoms with Crippen LogP contribution in [0.2, 0.25) is 0 Å². The van der Waals surface area contributed by atoms with Gasteiger partial charge in [-0.2, -0.15) is 0 Å². The topological polar surface area (TPSA) is 12.0 Å². The zero-order valence-corrected chi connectivity index (χ0v) is 10.4. The lowest BCUT2D eigenvalue weighted by Gasteiger charge is -2.19. The van der Waals surface area contributed by atoms with Crippen LogP contribution < -0.4 is 5.32 Å². The minimum absolute atomic E-state index is 0.518. The normalized spacial score (nSPS) is 12.8. The van der Waals surface area contributed by atoms with Gasteiger partial charge in [-0.1, -0.05) is 37.6 Å². The third-order valence-electron chi connectivity index (χ3n) is 2.86. The van der Waals surface area contributed by atoms with Gasteiger partial charge in [0.15, 0.2) is 0 Å². The molecule has 1 unspecified atom stereocenters. The second kappa shape index (κ2) is 5.92. The molecule has 0 bridgehead atoms. The van der Waals surface area contributed by atoms with E-state index in [0.717, 1.165) is 13.0 Å². The molecule has 1 aromatic rings. The fourth-order valence-corrected chi connectivity index (χ4v) is 1.93. The smallest absolute Gasteiger partial charge is 0.0320 e. The molecule has 1 aromatic carbocycles. The molecule has 0 aromatic heterocycles. The zero-order chi connectivity index (χ0) is 11.3. The second-order valence-electron chi connectivity index (χ2n) is 4.28. The summed E-state index contributed by atoms with van der Waals surface area (Å²) in [6.45, 7) is 9.92. The van der Waals surface area contributed by atoms with Gasteiger partial charge in [-0.05, 0) is 44.4 Å². The third-order valence-corrected chi connectivity index (χ3v) is 2.86. The summed E-state index contributed by atoms with van der Waals surface area (Å²) in [4.78, 5) is 0. The minimum atomic E-state index is 0.518. The fraction of sp³-hybridized carbons (Fsp3) is 0.571. The highest BCUT2D eigenvalue weighted by atomic mass is 14.9. The summed E-state index contributed by atoms with van der Waals surface area (Å²) in [6.07, 6.45) is 2.35. The Morgan fingerprint density at radius 1 is 1.20 bits per heavy atom. The first-order valence-electron chi connectivity index (χ1n) is 5.99. The highest BCUT2D eigenvalue weighted by Crippen LogP contribution is 2.21. The van der Waals surface area contributed by atoms with Crippen molar-refractivity contribution in [3.63, 3.8) is 0 Å². The summed E-state index contributed by atoms with van der Waals surface area (Å²) in [5.74, 6) is 0. The molecule has 0 radical (unpaired) electrons. The molecule has 0 spiro atoms. The highest BCUT2D eigenvalue weighted by Gasteiger charge is 2.10. The average molecular weight is 205 g/mol. The number of nitrogens with one attached hydrogen (secondary N) is 1. The first-order chi connectivity index (χ1) is 7.19. The van der Waals surface area contributed by atoms with Gasteiger partial charge in [0, 0.05) is 6.04 Å². The third kappa shape index (κ3) is 3.35. The Balaban J connectivity index is 2.85. The monoisotopic (exact) mass is 205 g/mol. The Morgan fingerprint density at radius 2 is 1.93 bits per heavy atom. The van der Waals surface area contributed by atoms with Crippen molar-refractivity contribution in [3.05, 3.63) is 34.9 Å². The van der Waals surface area contributed by atoms with E-state index in [1.807, 2.05) is 0 Å². The van der Waals surface area contributed by atoms with Crippen molar-refractivity contribution >= 4 is 0 Å². The van der Waals surface area contributed by atoms with E-state index < -0.39 is 0 Å². The van der Waals surface area contributed by atoms with E-state index in [2.05, 4.69) is 51.2 Å². The summed E-state index contributed by atoms with van der Waals surface area (Å²) >= 11 is 0. The molecule has 1 heteroatoms. The number of hydrogen-bond acceptors (Lipinski definition) is 1. The van der Waals surface area contributed by atoms with Crippen molar-refractivity contribution in [2.75, 3.05) is 6.54 Å². The summed E-state index contributed by atoms with van der Waals surface area (Å²) < 4.78 is 0. The molecule has 0 aliphatic rings. The molecule has 0 saturated carbocycles. The SMILES string of the molecule is CCCNC(CC)c1cc(C)ccc1C. The van der Waals surface area contributed by atoms with E-state index in [4.69, 9.17) is 0 Å². The van der Waals surface area contributed by atoms with Crippen molar-refractivity contribution in [3.8, 4) is 0 Å². The van der Waals surface area contributed by atoms with Gasteiger partial charge in [-0.25, -0.2) is 0 Å². The molecular weight excluding hydrogens is 182 g/mol. The summed E-state index contributed by atoms with van der Waals surface area (Å²) in [5.41, 5.74) is 4.22. The molecule has 0 saturated heterocycles. The van der Waals surface area contributed by atoms with Gasteiger partial charge in [-0.15, -0.1) is 0 Å². The van der Waals surface area contributed by atoms with Gasteiger partial charge in [0.2, 0.25) is 0 Å². The maximum absolute atomic E-state index is 3.60. The molecule has 0 heterocycles. The lowest BCUT2D eigenvalue weighted by Crippen LogP contribution is -2.22. The molecule has 0 fully saturated rings. The Morgan fingerprint density at radius 3 is 2.53 bits per heavy atom.